The maximum absolute atomic E-state index is 12.5. The number of pyridine rings is 1. The van der Waals surface area contributed by atoms with E-state index in [2.05, 4.69) is 38.4 Å². The van der Waals surface area contributed by atoms with Crippen LogP contribution < -0.4 is 10.2 Å². The predicted molar refractivity (Wildman–Crippen MR) is 136 cm³/mol. The van der Waals surface area contributed by atoms with Gasteiger partial charge in [-0.05, 0) is 47.5 Å². The number of benzene rings is 2. The van der Waals surface area contributed by atoms with Crippen LogP contribution in [0.25, 0.3) is 10.9 Å². The number of hydrogen-bond donors (Lipinski definition) is 2. The lowest BCUT2D eigenvalue weighted by Gasteiger charge is -2.29. The highest BCUT2D eigenvalue weighted by Crippen LogP contribution is 2.30. The van der Waals surface area contributed by atoms with Crippen LogP contribution >= 0.6 is 11.8 Å². The molecule has 174 valence electrons. The zero-order valence-corrected chi connectivity index (χ0v) is 19.5. The van der Waals surface area contributed by atoms with Gasteiger partial charge in [-0.15, -0.1) is 0 Å². The zero-order chi connectivity index (χ0) is 23.3. The number of carbonyl (C=O) groups is 1. The molecule has 5 rings (SSSR count). The van der Waals surface area contributed by atoms with Crippen molar-refractivity contribution in [1.82, 2.24) is 10.3 Å². The van der Waals surface area contributed by atoms with Crippen molar-refractivity contribution < 1.29 is 14.6 Å². The molecule has 1 aromatic heterocycles. The normalized spacial score (nSPS) is 18.4. The number of nitrogens with one attached hydrogen (secondary N) is 1. The van der Waals surface area contributed by atoms with Gasteiger partial charge in [-0.2, -0.15) is 4.99 Å². The van der Waals surface area contributed by atoms with Crippen molar-refractivity contribution >= 4 is 39.4 Å². The van der Waals surface area contributed by atoms with Crippen LogP contribution in [-0.4, -0.2) is 54.1 Å². The van der Waals surface area contributed by atoms with Gasteiger partial charge in [0.05, 0.1) is 36.3 Å². The summed E-state index contributed by atoms with van der Waals surface area (Å²) in [5.41, 5.74) is 4.17. The smallest absolute Gasteiger partial charge is 0.285 e. The Labute approximate surface area is 202 Å². The number of hydrogen-bond acceptors (Lipinski definition) is 7. The van der Waals surface area contributed by atoms with Crippen LogP contribution in [0.1, 0.15) is 17.2 Å². The van der Waals surface area contributed by atoms with E-state index in [1.165, 1.54) is 17.4 Å². The maximum atomic E-state index is 12.5. The quantitative estimate of drug-likeness (QED) is 0.529. The lowest BCUT2D eigenvalue weighted by atomic mass is 10.1. The van der Waals surface area contributed by atoms with Crippen LogP contribution in [0.3, 0.4) is 0 Å². The van der Waals surface area contributed by atoms with Crippen molar-refractivity contribution in [2.75, 3.05) is 37.8 Å². The zero-order valence-electron chi connectivity index (χ0n) is 18.7. The van der Waals surface area contributed by atoms with Gasteiger partial charge in [0.15, 0.2) is 5.17 Å². The lowest BCUT2D eigenvalue weighted by molar-refractivity contribution is -0.113. The van der Waals surface area contributed by atoms with E-state index >= 15 is 0 Å². The Hall–Kier alpha value is -3.20. The maximum Gasteiger partial charge on any atom is 0.285 e. The summed E-state index contributed by atoms with van der Waals surface area (Å²) in [5, 5.41) is 14.6. The number of ether oxygens (including phenoxy) is 1. The van der Waals surface area contributed by atoms with Crippen LogP contribution in [0.5, 0.6) is 0 Å². The summed E-state index contributed by atoms with van der Waals surface area (Å²) in [6, 6.07) is 17.6. The van der Waals surface area contributed by atoms with Crippen molar-refractivity contribution in [3.8, 4) is 0 Å². The molecule has 2 aromatic carbocycles. The molecule has 34 heavy (non-hydrogen) atoms. The third kappa shape index (κ3) is 4.99. The summed E-state index contributed by atoms with van der Waals surface area (Å²) >= 11 is 1.31. The van der Waals surface area contributed by atoms with Gasteiger partial charge in [-0.1, -0.05) is 42.5 Å². The molecule has 2 aliphatic rings. The second-order valence-corrected chi connectivity index (χ2v) is 9.20. The molecule has 0 aliphatic carbocycles. The molecule has 7 nitrogen and oxygen atoms in total. The number of aromatic nitrogens is 1. The van der Waals surface area contributed by atoms with Gasteiger partial charge in [-0.3, -0.25) is 9.78 Å². The number of carbonyl (C=O) groups excluding carboxylic acids is 1. The van der Waals surface area contributed by atoms with Crippen LogP contribution in [0.2, 0.25) is 0 Å². The SMILES string of the molecule is O=C1N=C(N[C@@H](CO)c2ccccc2)S/C1=C\Cc1ccc2nccc(N3CCOCC3)c2c1. The van der Waals surface area contributed by atoms with E-state index in [0.717, 1.165) is 48.3 Å². The highest BCUT2D eigenvalue weighted by molar-refractivity contribution is 8.18. The molecule has 3 heterocycles. The van der Waals surface area contributed by atoms with E-state index < -0.39 is 0 Å². The molecule has 2 aliphatic heterocycles. The molecule has 0 saturated carbocycles. The Balaban J connectivity index is 1.29. The van der Waals surface area contributed by atoms with Gasteiger partial charge in [0, 0.05) is 30.4 Å². The van der Waals surface area contributed by atoms with E-state index in [9.17, 15) is 9.90 Å². The first-order chi connectivity index (χ1) is 16.7. The minimum absolute atomic E-state index is 0.0898. The van der Waals surface area contributed by atoms with Crippen LogP contribution in [0, 0.1) is 0 Å². The van der Waals surface area contributed by atoms with Crippen LogP contribution in [0.15, 0.2) is 76.8 Å². The highest BCUT2D eigenvalue weighted by atomic mass is 32.2. The number of aliphatic hydroxyl groups excluding tert-OH is 1. The molecule has 1 amide bonds. The molecular formula is C26H26N4O3S. The summed E-state index contributed by atoms with van der Waals surface area (Å²) < 4.78 is 5.50. The number of anilines is 1. The first-order valence-corrected chi connectivity index (χ1v) is 12.2. The summed E-state index contributed by atoms with van der Waals surface area (Å²) in [6.07, 6.45) is 4.39. The van der Waals surface area contributed by atoms with E-state index in [1.54, 1.807) is 0 Å². The van der Waals surface area contributed by atoms with Gasteiger partial charge in [0.2, 0.25) is 0 Å². The second kappa shape index (κ2) is 10.4. The molecular weight excluding hydrogens is 448 g/mol. The molecule has 2 N–H and O–H groups in total. The largest absolute Gasteiger partial charge is 0.394 e. The Morgan fingerprint density at radius 2 is 1.97 bits per heavy atom. The third-order valence-electron chi connectivity index (χ3n) is 5.96. The van der Waals surface area contributed by atoms with E-state index in [0.29, 0.717) is 16.5 Å². The topological polar surface area (TPSA) is 87.0 Å². The third-order valence-corrected chi connectivity index (χ3v) is 6.92. The minimum atomic E-state index is -0.314. The number of allylic oxidation sites excluding steroid dienone is 1. The predicted octanol–water partition coefficient (Wildman–Crippen LogP) is 3.45. The Kier molecular flexibility index (Phi) is 6.89. The van der Waals surface area contributed by atoms with Crippen molar-refractivity contribution in [3.63, 3.8) is 0 Å². The summed E-state index contributed by atoms with van der Waals surface area (Å²) in [7, 11) is 0. The average molecular weight is 475 g/mol. The Morgan fingerprint density at radius 3 is 2.76 bits per heavy atom. The van der Waals surface area contributed by atoms with Gasteiger partial charge < -0.3 is 20.1 Å². The summed E-state index contributed by atoms with van der Waals surface area (Å²) in [6.45, 7) is 3.10. The van der Waals surface area contributed by atoms with E-state index in [4.69, 9.17) is 4.74 Å². The molecule has 0 spiro atoms. The fraction of sp³-hybridized carbons (Fsp3) is 0.269. The standard InChI is InChI=1S/C26H26N4O3S/c31-17-22(19-4-2-1-3-5-19)28-26-29-25(32)24(34-26)9-7-18-6-8-21-20(16-18)23(10-11-27-21)30-12-14-33-15-13-30/h1-6,8-11,16,22,31H,7,12-15,17H2,(H,28,29,32)/b24-9-/t22-/m0/s1. The number of thioether (sulfide) groups is 1. The minimum Gasteiger partial charge on any atom is -0.394 e. The summed E-state index contributed by atoms with van der Waals surface area (Å²) in [5.74, 6) is -0.256. The molecule has 0 unspecified atom stereocenters. The fourth-order valence-electron chi connectivity index (χ4n) is 4.17. The number of amides is 1. The second-order valence-electron chi connectivity index (χ2n) is 8.17. The molecule has 1 atom stereocenters. The Morgan fingerprint density at radius 1 is 1.15 bits per heavy atom. The molecule has 1 fully saturated rings. The molecule has 0 radical (unpaired) electrons. The molecule has 1 saturated heterocycles. The average Bonchev–Trinajstić information content (AvgIpc) is 3.25. The van der Waals surface area contributed by atoms with E-state index in [-0.39, 0.29) is 18.6 Å². The Bertz CT molecular complexity index is 1240. The van der Waals surface area contributed by atoms with Gasteiger partial charge in [0.25, 0.3) is 5.91 Å². The van der Waals surface area contributed by atoms with Crippen LogP contribution in [0.4, 0.5) is 5.69 Å². The molecule has 3 aromatic rings. The monoisotopic (exact) mass is 474 g/mol. The van der Waals surface area contributed by atoms with E-state index in [1.807, 2.05) is 48.7 Å². The van der Waals surface area contributed by atoms with Crippen molar-refractivity contribution in [1.29, 1.82) is 0 Å². The van der Waals surface area contributed by atoms with Gasteiger partial charge in [-0.25, -0.2) is 0 Å². The lowest BCUT2D eigenvalue weighted by Crippen LogP contribution is -2.36. The number of morpholine rings is 1. The number of nitrogens with zero attached hydrogens (tertiary/aromatic N) is 3. The summed E-state index contributed by atoms with van der Waals surface area (Å²) in [4.78, 5) is 24.1. The van der Waals surface area contributed by atoms with Crippen LogP contribution in [-0.2, 0) is 16.0 Å². The number of fused-ring (bicyclic) bond motifs is 1. The fourth-order valence-corrected chi connectivity index (χ4v) is 5.01. The number of aliphatic hydroxyl groups is 1. The van der Waals surface area contributed by atoms with Gasteiger partial charge in [0.1, 0.15) is 0 Å². The molecule has 8 heteroatoms. The number of amidine groups is 1. The number of rotatable bonds is 6. The van der Waals surface area contributed by atoms with Gasteiger partial charge >= 0.3 is 0 Å². The number of aliphatic imine (C=N–C) groups is 1. The first-order valence-electron chi connectivity index (χ1n) is 11.3. The van der Waals surface area contributed by atoms with Crippen molar-refractivity contribution in [2.45, 2.75) is 12.5 Å². The van der Waals surface area contributed by atoms with Crippen molar-refractivity contribution in [2.24, 2.45) is 4.99 Å². The molecule has 0 bridgehead atoms. The highest BCUT2D eigenvalue weighted by Gasteiger charge is 2.24. The first kappa shape index (κ1) is 22.6. The van der Waals surface area contributed by atoms with Crippen molar-refractivity contribution in [3.05, 3.63) is 82.9 Å².